The molecule has 8 heteroatoms. The largest absolute Gasteiger partial charge is 0.477 e. The van der Waals surface area contributed by atoms with Crippen LogP contribution in [0.15, 0.2) is 12.1 Å². The van der Waals surface area contributed by atoms with Gasteiger partial charge in [0.2, 0.25) is 5.82 Å². The van der Waals surface area contributed by atoms with Crippen LogP contribution in [0.25, 0.3) is 0 Å². The van der Waals surface area contributed by atoms with Crippen LogP contribution in [-0.4, -0.2) is 58.1 Å². The van der Waals surface area contributed by atoms with Gasteiger partial charge >= 0.3 is 11.7 Å². The van der Waals surface area contributed by atoms with Gasteiger partial charge in [-0.1, -0.05) is 0 Å². The minimum atomic E-state index is -1.18. The first-order chi connectivity index (χ1) is 10.1. The van der Waals surface area contributed by atoms with E-state index in [0.29, 0.717) is 19.1 Å². The van der Waals surface area contributed by atoms with Crippen molar-refractivity contribution in [3.63, 3.8) is 0 Å². The standard InChI is InChI=1S/C13H16N4O4/c18-13(19)10-3-4-11(17(20)21)12(14-10)16-7-5-15(6-8-16)9-1-2-9/h3-4,9H,1-2,5-8H2,(H,18,19). The second kappa shape index (κ2) is 5.28. The number of pyridine rings is 1. The zero-order chi connectivity index (χ0) is 15.0. The summed E-state index contributed by atoms with van der Waals surface area (Å²) in [5, 5.41) is 20.1. The first kappa shape index (κ1) is 13.7. The summed E-state index contributed by atoms with van der Waals surface area (Å²) in [6.07, 6.45) is 2.46. The Morgan fingerprint density at radius 3 is 2.48 bits per heavy atom. The summed E-state index contributed by atoms with van der Waals surface area (Å²) >= 11 is 0. The smallest absolute Gasteiger partial charge is 0.354 e. The number of carboxylic acid groups (broad SMARTS) is 1. The van der Waals surface area contributed by atoms with E-state index in [2.05, 4.69) is 9.88 Å². The van der Waals surface area contributed by atoms with Gasteiger partial charge in [-0.3, -0.25) is 15.0 Å². The van der Waals surface area contributed by atoms with Crippen LogP contribution < -0.4 is 4.90 Å². The van der Waals surface area contributed by atoms with Gasteiger partial charge in [0.1, 0.15) is 0 Å². The molecule has 1 saturated carbocycles. The van der Waals surface area contributed by atoms with Crippen LogP contribution in [0, 0.1) is 10.1 Å². The number of nitrogens with zero attached hydrogens (tertiary/aromatic N) is 4. The van der Waals surface area contributed by atoms with Crippen LogP contribution in [-0.2, 0) is 0 Å². The highest BCUT2D eigenvalue weighted by Gasteiger charge is 2.33. The molecule has 2 aliphatic rings. The number of rotatable bonds is 4. The molecule has 0 amide bonds. The number of carbonyl (C=O) groups is 1. The van der Waals surface area contributed by atoms with Gasteiger partial charge in [-0.2, -0.15) is 0 Å². The molecule has 8 nitrogen and oxygen atoms in total. The Balaban J connectivity index is 1.83. The van der Waals surface area contributed by atoms with E-state index >= 15 is 0 Å². The lowest BCUT2D eigenvalue weighted by molar-refractivity contribution is -0.384. The van der Waals surface area contributed by atoms with Crippen LogP contribution in [0.1, 0.15) is 23.3 Å². The quantitative estimate of drug-likeness (QED) is 0.652. The maximum absolute atomic E-state index is 11.1. The molecule has 112 valence electrons. The second-order valence-electron chi connectivity index (χ2n) is 5.36. The summed E-state index contributed by atoms with van der Waals surface area (Å²) in [5.74, 6) is -1.02. The molecule has 1 aromatic rings. The Bertz CT molecular complexity index is 580. The number of carboxylic acids is 1. The van der Waals surface area contributed by atoms with Crippen molar-refractivity contribution >= 4 is 17.5 Å². The van der Waals surface area contributed by atoms with E-state index < -0.39 is 10.9 Å². The fourth-order valence-electron chi connectivity index (χ4n) is 2.67. The number of hydrogen-bond donors (Lipinski definition) is 1. The third-order valence-corrected chi connectivity index (χ3v) is 3.95. The molecule has 0 aromatic carbocycles. The third kappa shape index (κ3) is 2.80. The predicted octanol–water partition coefficient (Wildman–Crippen LogP) is 0.972. The number of piperazine rings is 1. The zero-order valence-electron chi connectivity index (χ0n) is 11.4. The van der Waals surface area contributed by atoms with Crippen molar-refractivity contribution in [2.45, 2.75) is 18.9 Å². The fourth-order valence-corrected chi connectivity index (χ4v) is 2.67. The lowest BCUT2D eigenvalue weighted by Gasteiger charge is -2.35. The average molecular weight is 292 g/mol. The molecule has 2 fully saturated rings. The molecular formula is C13H16N4O4. The van der Waals surface area contributed by atoms with Crippen molar-refractivity contribution in [1.29, 1.82) is 0 Å². The van der Waals surface area contributed by atoms with E-state index in [1.165, 1.54) is 25.0 Å². The topological polar surface area (TPSA) is 99.8 Å². The van der Waals surface area contributed by atoms with Crippen LogP contribution in [0.5, 0.6) is 0 Å². The van der Waals surface area contributed by atoms with Crippen molar-refractivity contribution in [3.8, 4) is 0 Å². The van der Waals surface area contributed by atoms with Gasteiger partial charge in [0.25, 0.3) is 0 Å². The van der Waals surface area contributed by atoms with Crippen LogP contribution in [0.2, 0.25) is 0 Å². The highest BCUT2D eigenvalue weighted by Crippen LogP contribution is 2.31. The molecule has 3 rings (SSSR count). The Kier molecular flexibility index (Phi) is 3.46. The summed E-state index contributed by atoms with van der Waals surface area (Å²) in [4.78, 5) is 29.8. The van der Waals surface area contributed by atoms with Gasteiger partial charge in [0.05, 0.1) is 4.92 Å². The molecule has 0 atom stereocenters. The first-order valence-corrected chi connectivity index (χ1v) is 6.94. The highest BCUT2D eigenvalue weighted by molar-refractivity contribution is 5.86. The molecule has 0 spiro atoms. The van der Waals surface area contributed by atoms with E-state index in [0.717, 1.165) is 13.1 Å². The van der Waals surface area contributed by atoms with Gasteiger partial charge in [0.15, 0.2) is 5.69 Å². The predicted molar refractivity (Wildman–Crippen MR) is 74.7 cm³/mol. The van der Waals surface area contributed by atoms with Crippen molar-refractivity contribution in [2.75, 3.05) is 31.1 Å². The van der Waals surface area contributed by atoms with Crippen molar-refractivity contribution in [3.05, 3.63) is 27.9 Å². The minimum absolute atomic E-state index is 0.139. The number of aromatic carboxylic acids is 1. The third-order valence-electron chi connectivity index (χ3n) is 3.95. The SMILES string of the molecule is O=C(O)c1ccc([N+](=O)[O-])c(N2CCN(C3CC3)CC2)n1. The van der Waals surface area contributed by atoms with E-state index in [1.807, 2.05) is 4.90 Å². The monoisotopic (exact) mass is 292 g/mol. The van der Waals surface area contributed by atoms with Gasteiger partial charge in [-0.15, -0.1) is 0 Å². The van der Waals surface area contributed by atoms with Crippen LogP contribution in [0.3, 0.4) is 0 Å². The van der Waals surface area contributed by atoms with Gasteiger partial charge in [-0.05, 0) is 18.9 Å². The number of aromatic nitrogens is 1. The molecule has 1 N–H and O–H groups in total. The Hall–Kier alpha value is -2.22. The lowest BCUT2D eigenvalue weighted by Crippen LogP contribution is -2.47. The number of anilines is 1. The second-order valence-corrected chi connectivity index (χ2v) is 5.36. The van der Waals surface area contributed by atoms with Crippen molar-refractivity contribution in [1.82, 2.24) is 9.88 Å². The Labute approximate surface area is 121 Å². The van der Waals surface area contributed by atoms with E-state index in [-0.39, 0.29) is 17.2 Å². The summed E-state index contributed by atoms with van der Waals surface area (Å²) in [5.41, 5.74) is -0.305. The summed E-state index contributed by atoms with van der Waals surface area (Å²) in [7, 11) is 0. The molecule has 1 aliphatic carbocycles. The Morgan fingerprint density at radius 2 is 1.95 bits per heavy atom. The summed E-state index contributed by atoms with van der Waals surface area (Å²) < 4.78 is 0. The maximum Gasteiger partial charge on any atom is 0.354 e. The summed E-state index contributed by atoms with van der Waals surface area (Å²) in [6, 6.07) is 3.06. The van der Waals surface area contributed by atoms with Crippen molar-refractivity contribution < 1.29 is 14.8 Å². The molecule has 0 unspecified atom stereocenters. The van der Waals surface area contributed by atoms with E-state index in [9.17, 15) is 14.9 Å². The van der Waals surface area contributed by atoms with Gasteiger partial charge in [-0.25, -0.2) is 9.78 Å². The number of nitro groups is 1. The Morgan fingerprint density at radius 1 is 1.29 bits per heavy atom. The normalized spacial score (nSPS) is 19.5. The molecule has 0 radical (unpaired) electrons. The first-order valence-electron chi connectivity index (χ1n) is 6.94. The molecule has 2 heterocycles. The molecule has 21 heavy (non-hydrogen) atoms. The molecular weight excluding hydrogens is 276 g/mol. The maximum atomic E-state index is 11.1. The molecule has 1 aromatic heterocycles. The summed E-state index contributed by atoms with van der Waals surface area (Å²) in [6.45, 7) is 2.93. The van der Waals surface area contributed by atoms with E-state index in [1.54, 1.807) is 0 Å². The average Bonchev–Trinajstić information content (AvgIpc) is 3.31. The fraction of sp³-hybridized carbons (Fsp3) is 0.538. The van der Waals surface area contributed by atoms with E-state index in [4.69, 9.17) is 5.11 Å². The van der Waals surface area contributed by atoms with Crippen LogP contribution >= 0.6 is 0 Å². The minimum Gasteiger partial charge on any atom is -0.477 e. The molecule has 1 aliphatic heterocycles. The molecule has 1 saturated heterocycles. The highest BCUT2D eigenvalue weighted by atomic mass is 16.6. The lowest BCUT2D eigenvalue weighted by atomic mass is 10.2. The molecule has 0 bridgehead atoms. The van der Waals surface area contributed by atoms with Gasteiger partial charge < -0.3 is 10.0 Å². The van der Waals surface area contributed by atoms with Crippen LogP contribution in [0.4, 0.5) is 11.5 Å². The zero-order valence-corrected chi connectivity index (χ0v) is 11.4. The van der Waals surface area contributed by atoms with Crippen molar-refractivity contribution in [2.24, 2.45) is 0 Å². The number of hydrogen-bond acceptors (Lipinski definition) is 6. The van der Waals surface area contributed by atoms with Gasteiger partial charge in [0, 0.05) is 38.3 Å².